The summed E-state index contributed by atoms with van der Waals surface area (Å²) in [4.78, 5) is 3.02. The highest BCUT2D eigenvalue weighted by atomic mass is 35.5. The molecule has 0 aliphatic rings. The fourth-order valence-corrected chi connectivity index (χ4v) is 2.71. The van der Waals surface area contributed by atoms with Crippen LogP contribution < -0.4 is 22.7 Å². The zero-order valence-corrected chi connectivity index (χ0v) is 17.0. The van der Waals surface area contributed by atoms with E-state index in [9.17, 15) is 36.9 Å². The average molecular weight is 448 g/mol. The lowest BCUT2D eigenvalue weighted by atomic mass is 9.92. The number of unbranched alkanes of at least 4 members (excludes halogenated alkanes) is 1. The monoisotopic (exact) mass is 447 g/mol. The Morgan fingerprint density at radius 3 is 1.72 bits per heavy atom. The molecule has 0 unspecified atom stereocenters. The van der Waals surface area contributed by atoms with Gasteiger partial charge in [0.15, 0.2) is 0 Å². The van der Waals surface area contributed by atoms with Crippen LogP contribution in [0.5, 0.6) is 0 Å². The lowest BCUT2D eigenvalue weighted by Crippen LogP contribution is -3.00. The quantitative estimate of drug-likeness (QED) is 0.387. The molecule has 0 bridgehead atoms. The van der Waals surface area contributed by atoms with Crippen molar-refractivity contribution in [3.63, 3.8) is 0 Å². The van der Waals surface area contributed by atoms with Crippen LogP contribution in [0.4, 0.5) is 32.0 Å². The SMILES string of the molecule is CCCCN(C(=[N+])N(CC)CC)c1ccc(C(O)(C(F)(F)F)C(F)(F)F)cc1.[Cl-]. The van der Waals surface area contributed by atoms with Crippen molar-refractivity contribution in [2.45, 2.75) is 51.6 Å². The largest absolute Gasteiger partial charge is 1.00 e. The summed E-state index contributed by atoms with van der Waals surface area (Å²) in [6.45, 7) is 6.75. The molecule has 0 aliphatic carbocycles. The summed E-state index contributed by atoms with van der Waals surface area (Å²) in [6, 6.07) is 3.19. The summed E-state index contributed by atoms with van der Waals surface area (Å²) in [6.07, 6.45) is -10.5. The molecule has 1 aromatic carbocycles. The van der Waals surface area contributed by atoms with E-state index >= 15 is 0 Å². The third kappa shape index (κ3) is 5.69. The van der Waals surface area contributed by atoms with Crippen LogP contribution in [0.3, 0.4) is 0 Å². The third-order valence-electron chi connectivity index (χ3n) is 4.44. The first-order valence-corrected chi connectivity index (χ1v) is 8.89. The third-order valence-corrected chi connectivity index (χ3v) is 4.44. The molecule has 1 aromatic rings. The molecule has 0 heterocycles. The lowest BCUT2D eigenvalue weighted by molar-refractivity contribution is -0.376. The van der Waals surface area contributed by atoms with Gasteiger partial charge in [-0.1, -0.05) is 25.5 Å². The van der Waals surface area contributed by atoms with Gasteiger partial charge in [-0.25, -0.2) is 4.90 Å². The maximum Gasteiger partial charge on any atom is 0.433 e. The van der Waals surface area contributed by atoms with Crippen molar-refractivity contribution in [2.75, 3.05) is 24.5 Å². The number of rotatable bonds is 7. The molecule has 1 rings (SSSR count). The molecular weight excluding hydrogens is 424 g/mol. The zero-order valence-electron chi connectivity index (χ0n) is 16.3. The van der Waals surface area contributed by atoms with E-state index < -0.39 is 23.5 Å². The second-order valence-electron chi connectivity index (χ2n) is 6.23. The molecule has 0 aromatic heterocycles. The van der Waals surface area contributed by atoms with E-state index in [-0.39, 0.29) is 24.1 Å². The van der Waals surface area contributed by atoms with E-state index in [0.717, 1.165) is 18.6 Å². The van der Waals surface area contributed by atoms with Gasteiger partial charge in [0.1, 0.15) is 11.1 Å². The Kier molecular flexibility index (Phi) is 9.78. The number of halogens is 7. The molecule has 0 spiro atoms. The molecule has 0 aliphatic heterocycles. The van der Waals surface area contributed by atoms with Crippen molar-refractivity contribution < 1.29 is 43.9 Å². The molecule has 2 radical (unpaired) electrons. The summed E-state index contributed by atoms with van der Waals surface area (Å²) >= 11 is 0. The molecular formula is C18H24ClF6N3O. The van der Waals surface area contributed by atoms with Crippen LogP contribution in [-0.4, -0.2) is 48.0 Å². The maximum atomic E-state index is 13.0. The summed E-state index contributed by atoms with van der Waals surface area (Å²) in [5.74, 6) is -0.145. The first kappa shape index (κ1) is 27.3. The van der Waals surface area contributed by atoms with Gasteiger partial charge in [0.25, 0.3) is 5.60 Å². The molecule has 11 heteroatoms. The highest BCUT2D eigenvalue weighted by Gasteiger charge is 2.71. The average Bonchev–Trinajstić information content (AvgIpc) is 2.61. The highest BCUT2D eigenvalue weighted by Crippen LogP contribution is 2.50. The first-order chi connectivity index (χ1) is 12.8. The van der Waals surface area contributed by atoms with Gasteiger partial charge in [0, 0.05) is 5.56 Å². The van der Waals surface area contributed by atoms with Crippen LogP contribution in [0, 0.1) is 0 Å². The summed E-state index contributed by atoms with van der Waals surface area (Å²) in [5.41, 5.74) is -6.10. The van der Waals surface area contributed by atoms with Crippen LogP contribution in [0.1, 0.15) is 39.2 Å². The molecule has 0 amide bonds. The minimum atomic E-state index is -5.94. The van der Waals surface area contributed by atoms with Gasteiger partial charge in [-0.05, 0) is 32.4 Å². The second kappa shape index (κ2) is 10.4. The van der Waals surface area contributed by atoms with Crippen LogP contribution in [0.25, 0.3) is 0 Å². The van der Waals surface area contributed by atoms with Crippen molar-refractivity contribution in [1.29, 1.82) is 0 Å². The molecule has 4 nitrogen and oxygen atoms in total. The smallest absolute Gasteiger partial charge is 0.433 e. The van der Waals surface area contributed by atoms with Crippen molar-refractivity contribution in [1.82, 2.24) is 10.3 Å². The Morgan fingerprint density at radius 1 is 0.931 bits per heavy atom. The molecule has 0 fully saturated rings. The summed E-state index contributed by atoms with van der Waals surface area (Å²) in [5, 5.41) is 20.0. The minimum absolute atomic E-state index is 0. The number of guanidine groups is 1. The van der Waals surface area contributed by atoms with Gasteiger partial charge in [0.05, 0.1) is 19.6 Å². The van der Waals surface area contributed by atoms with E-state index in [2.05, 4.69) is 0 Å². The van der Waals surface area contributed by atoms with E-state index in [1.165, 1.54) is 4.90 Å². The first-order valence-electron chi connectivity index (χ1n) is 8.89. The van der Waals surface area contributed by atoms with Gasteiger partial charge < -0.3 is 17.5 Å². The summed E-state index contributed by atoms with van der Waals surface area (Å²) in [7, 11) is 0. The minimum Gasteiger partial charge on any atom is -1.00 e. The predicted octanol–water partition coefficient (Wildman–Crippen LogP) is 1.11. The highest BCUT2D eigenvalue weighted by molar-refractivity contribution is 5.94. The van der Waals surface area contributed by atoms with Gasteiger partial charge in [0.2, 0.25) is 0 Å². The molecule has 0 saturated carbocycles. The van der Waals surface area contributed by atoms with E-state index in [1.54, 1.807) is 18.7 Å². The van der Waals surface area contributed by atoms with Crippen LogP contribution in [0.15, 0.2) is 24.3 Å². The molecule has 0 saturated heterocycles. The van der Waals surface area contributed by atoms with Gasteiger partial charge in [-0.3, -0.25) is 4.90 Å². The van der Waals surface area contributed by atoms with E-state index in [0.29, 0.717) is 38.2 Å². The van der Waals surface area contributed by atoms with Gasteiger partial charge in [-0.15, -0.1) is 0 Å². The van der Waals surface area contributed by atoms with Crippen LogP contribution >= 0.6 is 0 Å². The van der Waals surface area contributed by atoms with E-state index in [4.69, 9.17) is 0 Å². The Bertz CT molecular complexity index is 630. The standard InChI is InChI=1S/C18H24F6N3O.ClH/c1-4-7-12-27(15(25)26(5-2)6-3)14-10-8-13(9-11-14)16(28,17(19,20)21)18(22,23)24;/h8-11,28H,4-7,12H2,1-3H3;1H/q+1;/p-1. The maximum absolute atomic E-state index is 13.0. The number of hydrogen-bond donors (Lipinski definition) is 1. The van der Waals surface area contributed by atoms with Crippen LogP contribution in [0.2, 0.25) is 0 Å². The van der Waals surface area contributed by atoms with Crippen LogP contribution in [-0.2, 0) is 5.60 Å². The Balaban J connectivity index is 0.00000784. The Hall–Kier alpha value is -1.68. The fourth-order valence-electron chi connectivity index (χ4n) is 2.71. The molecule has 0 atom stereocenters. The number of anilines is 1. The molecule has 29 heavy (non-hydrogen) atoms. The number of hydrogen-bond acceptors (Lipinski definition) is 1. The molecule has 1 N–H and O–H groups in total. The number of benzene rings is 1. The van der Waals surface area contributed by atoms with Crippen molar-refractivity contribution in [3.05, 3.63) is 29.8 Å². The van der Waals surface area contributed by atoms with Crippen molar-refractivity contribution in [2.24, 2.45) is 0 Å². The van der Waals surface area contributed by atoms with E-state index in [1.807, 2.05) is 6.92 Å². The fraction of sp³-hybridized carbons (Fsp3) is 0.611. The predicted molar refractivity (Wildman–Crippen MR) is 94.8 cm³/mol. The van der Waals surface area contributed by atoms with Crippen molar-refractivity contribution >= 4 is 11.6 Å². The topological polar surface area (TPSA) is 49.0 Å². The number of aliphatic hydroxyl groups is 1. The Morgan fingerprint density at radius 2 is 1.38 bits per heavy atom. The number of alkyl halides is 6. The van der Waals surface area contributed by atoms with Gasteiger partial charge >= 0.3 is 18.3 Å². The summed E-state index contributed by atoms with van der Waals surface area (Å²) < 4.78 is 78.0. The number of nitrogens with zero attached hydrogens (tertiary/aromatic N) is 3. The second-order valence-corrected chi connectivity index (χ2v) is 6.23. The zero-order chi connectivity index (χ0) is 21.8. The normalized spacial score (nSPS) is 12.3. The lowest BCUT2D eigenvalue weighted by Gasteiger charge is -2.32. The molecule has 166 valence electrons. The van der Waals surface area contributed by atoms with Crippen molar-refractivity contribution in [3.8, 4) is 0 Å². The Labute approximate surface area is 172 Å². The van der Waals surface area contributed by atoms with Gasteiger partial charge in [-0.2, -0.15) is 26.3 Å².